The Morgan fingerprint density at radius 3 is 2.44 bits per heavy atom. The van der Waals surface area contributed by atoms with Gasteiger partial charge in [0.2, 0.25) is 5.91 Å². The lowest BCUT2D eigenvalue weighted by Gasteiger charge is -2.34. The van der Waals surface area contributed by atoms with Crippen molar-refractivity contribution in [3.05, 3.63) is 12.3 Å². The van der Waals surface area contributed by atoms with Crippen LogP contribution in [0, 0.1) is 0 Å². The zero-order valence-corrected chi connectivity index (χ0v) is 13.4. The molecular formula is C15H29NOSi. The van der Waals surface area contributed by atoms with Crippen molar-refractivity contribution in [3.63, 3.8) is 0 Å². The van der Waals surface area contributed by atoms with Crippen LogP contribution in [0.5, 0.6) is 0 Å². The maximum absolute atomic E-state index is 11.8. The van der Waals surface area contributed by atoms with E-state index in [2.05, 4.69) is 30.3 Å². The molecule has 0 spiro atoms. The molecule has 104 valence electrons. The van der Waals surface area contributed by atoms with Gasteiger partial charge in [-0.3, -0.25) is 4.79 Å². The van der Waals surface area contributed by atoms with E-state index in [-0.39, 0.29) is 5.91 Å². The minimum atomic E-state index is -1.20. The second-order valence-electron chi connectivity index (χ2n) is 6.30. The van der Waals surface area contributed by atoms with Gasteiger partial charge in [0.15, 0.2) is 0 Å². The zero-order chi connectivity index (χ0) is 13.6. The fraction of sp³-hybridized carbons (Fsp3) is 0.800. The third kappa shape index (κ3) is 4.97. The molecule has 2 nitrogen and oxygen atoms in total. The Morgan fingerprint density at radius 2 is 1.94 bits per heavy atom. The van der Waals surface area contributed by atoms with Crippen molar-refractivity contribution in [1.29, 1.82) is 0 Å². The number of carbonyl (C=O) groups is 1. The molecule has 1 aliphatic rings. The summed E-state index contributed by atoms with van der Waals surface area (Å²) in [5, 5.41) is 0. The molecule has 0 aromatic carbocycles. The van der Waals surface area contributed by atoms with Crippen molar-refractivity contribution in [2.45, 2.75) is 70.6 Å². The van der Waals surface area contributed by atoms with E-state index in [9.17, 15) is 4.79 Å². The van der Waals surface area contributed by atoms with Crippen LogP contribution in [-0.4, -0.2) is 31.5 Å². The summed E-state index contributed by atoms with van der Waals surface area (Å²) < 4.78 is 0. The summed E-state index contributed by atoms with van der Waals surface area (Å²) >= 11 is 0. The molecule has 0 aromatic rings. The highest BCUT2D eigenvalue weighted by molar-refractivity contribution is 6.82. The predicted molar refractivity (Wildman–Crippen MR) is 81.4 cm³/mol. The summed E-state index contributed by atoms with van der Waals surface area (Å²) in [7, 11) is -1.20. The van der Waals surface area contributed by atoms with E-state index in [4.69, 9.17) is 0 Å². The molecular weight excluding hydrogens is 238 g/mol. The average Bonchev–Trinajstić information content (AvgIpc) is 2.35. The minimum Gasteiger partial charge on any atom is -0.340 e. The van der Waals surface area contributed by atoms with Crippen LogP contribution >= 0.6 is 0 Å². The van der Waals surface area contributed by atoms with Crippen molar-refractivity contribution in [2.24, 2.45) is 0 Å². The Hall–Kier alpha value is -0.573. The maximum atomic E-state index is 11.8. The van der Waals surface area contributed by atoms with Gasteiger partial charge in [0, 0.05) is 19.5 Å². The second-order valence-corrected chi connectivity index (χ2v) is 11.2. The van der Waals surface area contributed by atoms with Crippen LogP contribution in [0.25, 0.3) is 0 Å². The van der Waals surface area contributed by atoms with E-state index in [1.165, 1.54) is 38.1 Å². The number of rotatable bonds is 6. The quantitative estimate of drug-likeness (QED) is 0.666. The number of hydrogen-bond donors (Lipinski definition) is 0. The SMILES string of the molecule is C=C[Si](C)(C)CCCN(C(C)=O)C1CCCCC1. The van der Waals surface area contributed by atoms with Crippen LogP contribution in [0.2, 0.25) is 19.1 Å². The van der Waals surface area contributed by atoms with E-state index in [0.717, 1.165) is 13.0 Å². The first-order valence-corrected chi connectivity index (χ1v) is 10.7. The van der Waals surface area contributed by atoms with Gasteiger partial charge < -0.3 is 4.90 Å². The predicted octanol–water partition coefficient (Wildman–Crippen LogP) is 3.99. The highest BCUT2D eigenvalue weighted by Gasteiger charge is 2.23. The lowest BCUT2D eigenvalue weighted by atomic mass is 9.94. The monoisotopic (exact) mass is 267 g/mol. The molecule has 0 N–H and O–H groups in total. The summed E-state index contributed by atoms with van der Waals surface area (Å²) in [5.41, 5.74) is 2.16. The van der Waals surface area contributed by atoms with Gasteiger partial charge in [-0.2, -0.15) is 0 Å². The van der Waals surface area contributed by atoms with Gasteiger partial charge in [-0.25, -0.2) is 0 Å². The average molecular weight is 267 g/mol. The first kappa shape index (κ1) is 15.5. The number of amides is 1. The lowest BCUT2D eigenvalue weighted by Crippen LogP contribution is -2.41. The molecule has 0 heterocycles. The molecule has 0 aliphatic heterocycles. The van der Waals surface area contributed by atoms with Gasteiger partial charge in [0.25, 0.3) is 0 Å². The summed E-state index contributed by atoms with van der Waals surface area (Å²) in [6.45, 7) is 11.3. The van der Waals surface area contributed by atoms with Gasteiger partial charge in [-0.05, 0) is 19.3 Å². The lowest BCUT2D eigenvalue weighted by molar-refractivity contribution is -0.131. The molecule has 1 rings (SSSR count). The Balaban J connectivity index is 2.43. The molecule has 0 radical (unpaired) electrons. The van der Waals surface area contributed by atoms with Gasteiger partial charge >= 0.3 is 0 Å². The molecule has 0 bridgehead atoms. The van der Waals surface area contributed by atoms with Crippen molar-refractivity contribution in [2.75, 3.05) is 6.54 Å². The molecule has 1 aliphatic carbocycles. The summed E-state index contributed by atoms with van der Waals surface area (Å²) in [6.07, 6.45) is 7.49. The van der Waals surface area contributed by atoms with Gasteiger partial charge in [0.1, 0.15) is 0 Å². The Morgan fingerprint density at radius 1 is 1.33 bits per heavy atom. The number of hydrogen-bond acceptors (Lipinski definition) is 1. The van der Waals surface area contributed by atoms with Crippen LogP contribution in [0.1, 0.15) is 45.4 Å². The highest BCUT2D eigenvalue weighted by atomic mass is 28.3. The van der Waals surface area contributed by atoms with Gasteiger partial charge in [0.05, 0.1) is 8.07 Å². The van der Waals surface area contributed by atoms with Gasteiger partial charge in [-0.15, -0.1) is 12.3 Å². The summed E-state index contributed by atoms with van der Waals surface area (Å²) in [5.74, 6) is 0.264. The van der Waals surface area contributed by atoms with E-state index >= 15 is 0 Å². The molecule has 18 heavy (non-hydrogen) atoms. The third-order valence-corrected chi connectivity index (χ3v) is 6.94. The molecule has 0 unspecified atom stereocenters. The summed E-state index contributed by atoms with van der Waals surface area (Å²) in [6, 6.07) is 1.76. The zero-order valence-electron chi connectivity index (χ0n) is 12.4. The van der Waals surface area contributed by atoms with E-state index in [0.29, 0.717) is 6.04 Å². The highest BCUT2D eigenvalue weighted by Crippen LogP contribution is 2.23. The first-order chi connectivity index (χ1) is 8.46. The number of nitrogens with zero attached hydrogens (tertiary/aromatic N) is 1. The van der Waals surface area contributed by atoms with Crippen molar-refractivity contribution < 1.29 is 4.79 Å². The molecule has 0 saturated heterocycles. The van der Waals surface area contributed by atoms with Gasteiger partial charge in [-0.1, -0.05) is 38.4 Å². The molecule has 1 saturated carbocycles. The van der Waals surface area contributed by atoms with E-state index < -0.39 is 8.07 Å². The molecule has 3 heteroatoms. The first-order valence-electron chi connectivity index (χ1n) is 7.37. The van der Waals surface area contributed by atoms with E-state index in [1.54, 1.807) is 6.92 Å². The van der Waals surface area contributed by atoms with Crippen molar-refractivity contribution in [3.8, 4) is 0 Å². The second kappa shape index (κ2) is 7.12. The number of carbonyl (C=O) groups excluding carboxylic acids is 1. The van der Waals surface area contributed by atoms with Crippen molar-refractivity contribution >= 4 is 14.0 Å². The fourth-order valence-corrected chi connectivity index (χ4v) is 4.07. The normalized spacial score (nSPS) is 17.5. The smallest absolute Gasteiger partial charge is 0.219 e. The topological polar surface area (TPSA) is 20.3 Å². The standard InChI is InChI=1S/C15H29NOSi/c1-5-18(3,4)13-9-12-16(14(2)17)15-10-7-6-8-11-15/h5,15H,1,6-13H2,2-4H3. The largest absolute Gasteiger partial charge is 0.340 e. The van der Waals surface area contributed by atoms with Crippen LogP contribution in [0.15, 0.2) is 12.3 Å². The third-order valence-electron chi connectivity index (χ3n) is 4.19. The van der Waals surface area contributed by atoms with Crippen LogP contribution < -0.4 is 0 Å². The summed E-state index contributed by atoms with van der Waals surface area (Å²) in [4.78, 5) is 13.9. The Kier molecular flexibility index (Phi) is 6.13. The molecule has 1 amide bonds. The van der Waals surface area contributed by atoms with Crippen LogP contribution in [-0.2, 0) is 4.79 Å². The molecule has 0 aromatic heterocycles. The molecule has 1 fully saturated rings. The van der Waals surface area contributed by atoms with Crippen LogP contribution in [0.3, 0.4) is 0 Å². The maximum Gasteiger partial charge on any atom is 0.219 e. The molecule has 0 atom stereocenters. The Bertz CT molecular complexity index is 282. The Labute approximate surface area is 113 Å². The van der Waals surface area contributed by atoms with Crippen molar-refractivity contribution in [1.82, 2.24) is 4.90 Å². The van der Waals surface area contributed by atoms with E-state index in [1.807, 2.05) is 0 Å². The fourth-order valence-electron chi connectivity index (χ4n) is 2.80. The minimum absolute atomic E-state index is 0.264. The van der Waals surface area contributed by atoms with Crippen LogP contribution in [0.4, 0.5) is 0 Å².